The van der Waals surface area contributed by atoms with Gasteiger partial charge in [0.15, 0.2) is 0 Å². The molecule has 1 saturated carbocycles. The van der Waals surface area contributed by atoms with E-state index >= 15 is 0 Å². The average Bonchev–Trinajstić information content (AvgIpc) is 3.21. The molecule has 1 aliphatic carbocycles. The Labute approximate surface area is 142 Å². The number of benzene rings is 2. The monoisotopic (exact) mass is 322 g/mol. The number of hydrogen-bond donors (Lipinski definition) is 2. The molecule has 4 rings (SSSR count). The van der Waals surface area contributed by atoms with E-state index < -0.39 is 0 Å². The lowest BCUT2D eigenvalue weighted by atomic mass is 10.1. The van der Waals surface area contributed by atoms with Crippen molar-refractivity contribution in [2.24, 2.45) is 5.92 Å². The Hall–Kier alpha value is -2.49. The van der Waals surface area contributed by atoms with E-state index in [4.69, 9.17) is 0 Å². The van der Waals surface area contributed by atoms with E-state index in [1.54, 1.807) is 12.1 Å². The SMILES string of the molecule is O=C(Nc1ccc(N2CCCC2)cc1)C1CC1c1ccc(O)cc1. The van der Waals surface area contributed by atoms with Gasteiger partial charge in [0.05, 0.1) is 0 Å². The van der Waals surface area contributed by atoms with Gasteiger partial charge in [0, 0.05) is 30.4 Å². The summed E-state index contributed by atoms with van der Waals surface area (Å²) in [5.41, 5.74) is 3.22. The van der Waals surface area contributed by atoms with Gasteiger partial charge in [-0.1, -0.05) is 12.1 Å². The normalized spacial score (nSPS) is 22.4. The molecule has 0 spiro atoms. The second-order valence-electron chi connectivity index (χ2n) is 6.77. The maximum Gasteiger partial charge on any atom is 0.228 e. The molecule has 0 bridgehead atoms. The van der Waals surface area contributed by atoms with Gasteiger partial charge in [-0.05, 0) is 67.1 Å². The molecule has 24 heavy (non-hydrogen) atoms. The zero-order valence-corrected chi connectivity index (χ0v) is 13.6. The quantitative estimate of drug-likeness (QED) is 0.902. The lowest BCUT2D eigenvalue weighted by Gasteiger charge is -2.17. The van der Waals surface area contributed by atoms with Crippen LogP contribution in [0.15, 0.2) is 48.5 Å². The van der Waals surface area contributed by atoms with Gasteiger partial charge in [0.1, 0.15) is 5.75 Å². The highest BCUT2D eigenvalue weighted by Crippen LogP contribution is 2.48. The van der Waals surface area contributed by atoms with E-state index in [0.29, 0.717) is 0 Å². The van der Waals surface area contributed by atoms with Gasteiger partial charge in [0.2, 0.25) is 5.91 Å². The van der Waals surface area contributed by atoms with Crippen molar-refractivity contribution in [3.63, 3.8) is 0 Å². The maximum atomic E-state index is 12.4. The van der Waals surface area contributed by atoms with Crippen LogP contribution in [-0.4, -0.2) is 24.1 Å². The zero-order valence-electron chi connectivity index (χ0n) is 13.6. The minimum atomic E-state index is 0.0350. The number of aromatic hydroxyl groups is 1. The fourth-order valence-corrected chi connectivity index (χ4v) is 3.54. The fraction of sp³-hybridized carbons (Fsp3) is 0.350. The molecule has 1 aliphatic heterocycles. The Bertz CT molecular complexity index is 718. The lowest BCUT2D eigenvalue weighted by Crippen LogP contribution is -2.18. The van der Waals surface area contributed by atoms with Crippen molar-refractivity contribution < 1.29 is 9.90 Å². The van der Waals surface area contributed by atoms with E-state index in [2.05, 4.69) is 22.3 Å². The Morgan fingerprint density at radius 2 is 1.67 bits per heavy atom. The fourth-order valence-electron chi connectivity index (χ4n) is 3.54. The van der Waals surface area contributed by atoms with Crippen LogP contribution in [0.3, 0.4) is 0 Å². The van der Waals surface area contributed by atoms with Gasteiger partial charge < -0.3 is 15.3 Å². The molecule has 4 nitrogen and oxygen atoms in total. The number of rotatable bonds is 4. The van der Waals surface area contributed by atoms with Gasteiger partial charge in [-0.15, -0.1) is 0 Å². The number of amides is 1. The number of nitrogens with zero attached hydrogens (tertiary/aromatic N) is 1. The Kier molecular flexibility index (Phi) is 3.89. The first-order valence-electron chi connectivity index (χ1n) is 8.65. The minimum absolute atomic E-state index is 0.0350. The molecular formula is C20H22N2O2. The molecule has 2 aliphatic rings. The Morgan fingerprint density at radius 3 is 2.33 bits per heavy atom. The van der Waals surface area contributed by atoms with E-state index in [-0.39, 0.29) is 23.5 Å². The number of phenolic OH excluding ortho intramolecular Hbond substituents is 1. The molecule has 1 amide bonds. The molecule has 2 unspecified atom stereocenters. The molecule has 1 heterocycles. The molecule has 2 atom stereocenters. The highest BCUT2D eigenvalue weighted by atomic mass is 16.3. The van der Waals surface area contributed by atoms with Crippen molar-refractivity contribution in [1.82, 2.24) is 0 Å². The van der Waals surface area contributed by atoms with Crippen molar-refractivity contribution in [1.29, 1.82) is 0 Å². The van der Waals surface area contributed by atoms with Gasteiger partial charge in [0.25, 0.3) is 0 Å². The molecule has 1 saturated heterocycles. The van der Waals surface area contributed by atoms with E-state index in [1.165, 1.54) is 18.5 Å². The average molecular weight is 322 g/mol. The van der Waals surface area contributed by atoms with Crippen LogP contribution in [0.5, 0.6) is 5.75 Å². The number of hydrogen-bond acceptors (Lipinski definition) is 3. The first kappa shape index (κ1) is 15.1. The van der Waals surface area contributed by atoms with Crippen molar-refractivity contribution in [3.8, 4) is 5.75 Å². The smallest absolute Gasteiger partial charge is 0.228 e. The predicted octanol–water partition coefficient (Wildman–Crippen LogP) is 3.73. The largest absolute Gasteiger partial charge is 0.508 e. The Morgan fingerprint density at radius 1 is 1.00 bits per heavy atom. The minimum Gasteiger partial charge on any atom is -0.508 e. The summed E-state index contributed by atoms with van der Waals surface area (Å²) in [5, 5.41) is 12.4. The second kappa shape index (κ2) is 6.19. The topological polar surface area (TPSA) is 52.6 Å². The first-order valence-corrected chi connectivity index (χ1v) is 8.65. The summed E-state index contributed by atoms with van der Waals surface area (Å²) >= 11 is 0. The van der Waals surface area contributed by atoms with Gasteiger partial charge >= 0.3 is 0 Å². The second-order valence-corrected chi connectivity index (χ2v) is 6.77. The van der Waals surface area contributed by atoms with Crippen molar-refractivity contribution in [2.75, 3.05) is 23.3 Å². The van der Waals surface area contributed by atoms with Crippen molar-refractivity contribution in [2.45, 2.75) is 25.2 Å². The first-order chi connectivity index (χ1) is 11.7. The van der Waals surface area contributed by atoms with Crippen LogP contribution in [0.25, 0.3) is 0 Å². The molecule has 2 fully saturated rings. The Balaban J connectivity index is 1.35. The van der Waals surface area contributed by atoms with Crippen LogP contribution in [0.2, 0.25) is 0 Å². The third-order valence-corrected chi connectivity index (χ3v) is 5.05. The molecule has 2 aromatic rings. The van der Waals surface area contributed by atoms with Gasteiger partial charge in [-0.2, -0.15) is 0 Å². The number of phenols is 1. The van der Waals surface area contributed by atoms with Crippen LogP contribution < -0.4 is 10.2 Å². The third-order valence-electron chi connectivity index (χ3n) is 5.05. The number of nitrogens with one attached hydrogen (secondary N) is 1. The number of anilines is 2. The van der Waals surface area contributed by atoms with E-state index in [0.717, 1.165) is 30.8 Å². The molecule has 4 heteroatoms. The number of carbonyl (C=O) groups is 1. The van der Waals surface area contributed by atoms with Crippen LogP contribution in [-0.2, 0) is 4.79 Å². The maximum absolute atomic E-state index is 12.4. The summed E-state index contributed by atoms with van der Waals surface area (Å²) < 4.78 is 0. The van der Waals surface area contributed by atoms with Gasteiger partial charge in [-0.25, -0.2) is 0 Å². The standard InChI is InChI=1S/C20H22N2O2/c23-17-9-3-14(4-10-17)18-13-19(18)20(24)21-15-5-7-16(8-6-15)22-11-1-2-12-22/h3-10,18-19,23H,1-2,11-13H2,(H,21,24). The molecule has 0 radical (unpaired) electrons. The summed E-state index contributed by atoms with van der Waals surface area (Å²) in [6, 6.07) is 15.3. The molecular weight excluding hydrogens is 300 g/mol. The highest BCUT2D eigenvalue weighted by Gasteiger charge is 2.43. The van der Waals surface area contributed by atoms with Crippen LogP contribution in [0, 0.1) is 5.92 Å². The zero-order chi connectivity index (χ0) is 16.5. The highest BCUT2D eigenvalue weighted by molar-refractivity contribution is 5.95. The van der Waals surface area contributed by atoms with Crippen molar-refractivity contribution >= 4 is 17.3 Å². The van der Waals surface area contributed by atoms with Crippen LogP contribution in [0.1, 0.15) is 30.7 Å². The van der Waals surface area contributed by atoms with E-state index in [9.17, 15) is 9.90 Å². The van der Waals surface area contributed by atoms with Crippen molar-refractivity contribution in [3.05, 3.63) is 54.1 Å². The van der Waals surface area contributed by atoms with E-state index in [1.807, 2.05) is 24.3 Å². The summed E-state index contributed by atoms with van der Waals surface area (Å²) in [6.45, 7) is 2.25. The van der Waals surface area contributed by atoms with Crippen LogP contribution >= 0.6 is 0 Å². The molecule has 124 valence electrons. The molecule has 0 aromatic heterocycles. The molecule has 2 aromatic carbocycles. The van der Waals surface area contributed by atoms with Gasteiger partial charge in [-0.3, -0.25) is 4.79 Å². The lowest BCUT2D eigenvalue weighted by molar-refractivity contribution is -0.117. The third kappa shape index (κ3) is 3.09. The summed E-state index contributed by atoms with van der Waals surface area (Å²) in [5.74, 6) is 0.655. The number of carbonyl (C=O) groups excluding carboxylic acids is 1. The molecule has 2 N–H and O–H groups in total. The summed E-state index contributed by atoms with van der Waals surface area (Å²) in [4.78, 5) is 14.8. The summed E-state index contributed by atoms with van der Waals surface area (Å²) in [6.07, 6.45) is 3.40. The predicted molar refractivity (Wildman–Crippen MR) is 95.5 cm³/mol. The summed E-state index contributed by atoms with van der Waals surface area (Å²) in [7, 11) is 0. The van der Waals surface area contributed by atoms with Crippen LogP contribution in [0.4, 0.5) is 11.4 Å².